The standard InChI is InChI=1S/C10H16N6O3/c11-1-2-15-5-7(13-14-15)10(18)16-3-4-19-6-8(16)9(12)17/h5,8H,1-4,6,11H2,(H2,12,17). The molecule has 104 valence electrons. The topological polar surface area (TPSA) is 129 Å². The van der Waals surface area contributed by atoms with Gasteiger partial charge in [0.25, 0.3) is 5.91 Å². The summed E-state index contributed by atoms with van der Waals surface area (Å²) in [6.07, 6.45) is 1.50. The lowest BCUT2D eigenvalue weighted by Crippen LogP contribution is -2.54. The molecule has 2 amide bonds. The molecule has 1 fully saturated rings. The predicted molar refractivity (Wildman–Crippen MR) is 63.9 cm³/mol. The van der Waals surface area contributed by atoms with Gasteiger partial charge in [0, 0.05) is 13.1 Å². The first-order valence-corrected chi connectivity index (χ1v) is 5.91. The average molecular weight is 268 g/mol. The van der Waals surface area contributed by atoms with Gasteiger partial charge in [-0.3, -0.25) is 14.3 Å². The van der Waals surface area contributed by atoms with Crippen LogP contribution in [-0.2, 0) is 16.1 Å². The van der Waals surface area contributed by atoms with E-state index in [-0.39, 0.29) is 18.2 Å². The molecule has 1 saturated heterocycles. The number of nitrogens with zero attached hydrogens (tertiary/aromatic N) is 4. The minimum Gasteiger partial charge on any atom is -0.377 e. The number of primary amides is 1. The highest BCUT2D eigenvalue weighted by molar-refractivity contribution is 5.95. The lowest BCUT2D eigenvalue weighted by molar-refractivity contribution is -0.127. The molecule has 9 nitrogen and oxygen atoms in total. The molecule has 4 N–H and O–H groups in total. The Morgan fingerprint density at radius 3 is 3.00 bits per heavy atom. The van der Waals surface area contributed by atoms with Gasteiger partial charge in [-0.15, -0.1) is 5.10 Å². The molecule has 1 aliphatic heterocycles. The van der Waals surface area contributed by atoms with Crippen molar-refractivity contribution in [3.63, 3.8) is 0 Å². The van der Waals surface area contributed by atoms with E-state index in [9.17, 15) is 9.59 Å². The number of aromatic nitrogens is 3. The van der Waals surface area contributed by atoms with Gasteiger partial charge < -0.3 is 21.1 Å². The van der Waals surface area contributed by atoms with E-state index in [0.717, 1.165) is 0 Å². The van der Waals surface area contributed by atoms with Gasteiger partial charge in [-0.25, -0.2) is 0 Å². The smallest absolute Gasteiger partial charge is 0.276 e. The van der Waals surface area contributed by atoms with E-state index in [0.29, 0.717) is 26.2 Å². The summed E-state index contributed by atoms with van der Waals surface area (Å²) in [5.41, 5.74) is 10.8. The van der Waals surface area contributed by atoms with Crippen molar-refractivity contribution in [3.8, 4) is 0 Å². The van der Waals surface area contributed by atoms with E-state index < -0.39 is 11.9 Å². The maximum Gasteiger partial charge on any atom is 0.276 e. The van der Waals surface area contributed by atoms with E-state index in [1.807, 2.05) is 0 Å². The molecule has 0 bridgehead atoms. The number of morpholine rings is 1. The molecular formula is C10H16N6O3. The molecule has 1 unspecified atom stereocenters. The van der Waals surface area contributed by atoms with Crippen LogP contribution < -0.4 is 11.5 Å². The number of hydrogen-bond acceptors (Lipinski definition) is 6. The number of hydrogen-bond donors (Lipinski definition) is 2. The van der Waals surface area contributed by atoms with Crippen molar-refractivity contribution < 1.29 is 14.3 Å². The number of rotatable bonds is 4. The van der Waals surface area contributed by atoms with E-state index in [4.69, 9.17) is 16.2 Å². The minimum absolute atomic E-state index is 0.109. The summed E-state index contributed by atoms with van der Waals surface area (Å²) in [5, 5.41) is 7.56. The Balaban J connectivity index is 2.14. The molecule has 9 heteroatoms. The molecule has 0 aliphatic carbocycles. The fourth-order valence-electron chi connectivity index (χ4n) is 1.87. The van der Waals surface area contributed by atoms with Crippen LogP contribution in [0.25, 0.3) is 0 Å². The van der Waals surface area contributed by atoms with Crippen molar-refractivity contribution in [2.75, 3.05) is 26.3 Å². The quantitative estimate of drug-likeness (QED) is 0.624. The maximum absolute atomic E-state index is 12.2. The van der Waals surface area contributed by atoms with Crippen molar-refractivity contribution in [2.24, 2.45) is 11.5 Å². The maximum atomic E-state index is 12.2. The Hall–Kier alpha value is -2.00. The first kappa shape index (κ1) is 13.4. The third-order valence-corrected chi connectivity index (χ3v) is 2.83. The van der Waals surface area contributed by atoms with Crippen LogP contribution in [0.15, 0.2) is 6.20 Å². The van der Waals surface area contributed by atoms with Crippen molar-refractivity contribution >= 4 is 11.8 Å². The summed E-state index contributed by atoms with van der Waals surface area (Å²) < 4.78 is 6.63. The summed E-state index contributed by atoms with van der Waals surface area (Å²) in [5.74, 6) is -0.974. The zero-order valence-corrected chi connectivity index (χ0v) is 10.4. The van der Waals surface area contributed by atoms with Gasteiger partial charge in [-0.2, -0.15) is 0 Å². The lowest BCUT2D eigenvalue weighted by atomic mass is 10.2. The number of ether oxygens (including phenoxy) is 1. The molecular weight excluding hydrogens is 252 g/mol. The number of nitrogens with two attached hydrogens (primary N) is 2. The lowest BCUT2D eigenvalue weighted by Gasteiger charge is -2.32. The van der Waals surface area contributed by atoms with Gasteiger partial charge in [0.2, 0.25) is 5.91 Å². The number of carbonyl (C=O) groups is 2. The molecule has 1 atom stereocenters. The number of amides is 2. The second-order valence-corrected chi connectivity index (χ2v) is 4.15. The van der Waals surface area contributed by atoms with Gasteiger partial charge in [0.15, 0.2) is 5.69 Å². The summed E-state index contributed by atoms with van der Waals surface area (Å²) in [7, 11) is 0. The van der Waals surface area contributed by atoms with Crippen LogP contribution in [0.2, 0.25) is 0 Å². The second kappa shape index (κ2) is 5.76. The SMILES string of the molecule is NCCn1cc(C(=O)N2CCOCC2C(N)=O)nn1. The van der Waals surface area contributed by atoms with Crippen LogP contribution in [-0.4, -0.2) is 64.1 Å². The highest BCUT2D eigenvalue weighted by Gasteiger charge is 2.33. The first-order valence-electron chi connectivity index (χ1n) is 5.91. The number of carbonyl (C=O) groups excluding carboxylic acids is 2. The van der Waals surface area contributed by atoms with Crippen LogP contribution in [0, 0.1) is 0 Å². The molecule has 0 radical (unpaired) electrons. The van der Waals surface area contributed by atoms with Crippen LogP contribution in [0.4, 0.5) is 0 Å². The first-order chi connectivity index (χ1) is 9.13. The summed E-state index contributed by atoms with van der Waals surface area (Å²) in [4.78, 5) is 24.9. The molecule has 1 aromatic rings. The van der Waals surface area contributed by atoms with Crippen molar-refractivity contribution in [2.45, 2.75) is 12.6 Å². The van der Waals surface area contributed by atoms with Crippen LogP contribution >= 0.6 is 0 Å². The molecule has 0 aromatic carbocycles. The van der Waals surface area contributed by atoms with Gasteiger partial charge in [0.05, 0.1) is 26.0 Å². The van der Waals surface area contributed by atoms with Crippen molar-refractivity contribution in [3.05, 3.63) is 11.9 Å². The second-order valence-electron chi connectivity index (χ2n) is 4.15. The summed E-state index contributed by atoms with van der Waals surface area (Å²) in [6.45, 7) is 1.65. The minimum atomic E-state index is -0.763. The zero-order chi connectivity index (χ0) is 13.8. The van der Waals surface area contributed by atoms with E-state index in [1.54, 1.807) is 0 Å². The highest BCUT2D eigenvalue weighted by Crippen LogP contribution is 2.10. The Bertz CT molecular complexity index is 474. The van der Waals surface area contributed by atoms with Crippen molar-refractivity contribution in [1.29, 1.82) is 0 Å². The zero-order valence-electron chi connectivity index (χ0n) is 10.4. The van der Waals surface area contributed by atoms with Gasteiger partial charge in [-0.1, -0.05) is 5.21 Å². The van der Waals surface area contributed by atoms with E-state index >= 15 is 0 Å². The Kier molecular flexibility index (Phi) is 4.07. The van der Waals surface area contributed by atoms with E-state index in [2.05, 4.69) is 10.3 Å². The molecule has 19 heavy (non-hydrogen) atoms. The normalized spacial score (nSPS) is 19.4. The van der Waals surface area contributed by atoms with Crippen LogP contribution in [0.3, 0.4) is 0 Å². The Morgan fingerprint density at radius 1 is 1.53 bits per heavy atom. The summed E-state index contributed by atoms with van der Waals surface area (Å²) in [6, 6.07) is -0.763. The Morgan fingerprint density at radius 2 is 2.32 bits per heavy atom. The van der Waals surface area contributed by atoms with Gasteiger partial charge >= 0.3 is 0 Å². The molecule has 2 rings (SSSR count). The third-order valence-electron chi connectivity index (χ3n) is 2.83. The molecule has 1 aliphatic rings. The van der Waals surface area contributed by atoms with Gasteiger partial charge in [0.1, 0.15) is 6.04 Å². The fourth-order valence-corrected chi connectivity index (χ4v) is 1.87. The molecule has 2 heterocycles. The Labute approximate surface area is 109 Å². The van der Waals surface area contributed by atoms with Crippen LogP contribution in [0.1, 0.15) is 10.5 Å². The fraction of sp³-hybridized carbons (Fsp3) is 0.600. The van der Waals surface area contributed by atoms with Crippen molar-refractivity contribution in [1.82, 2.24) is 19.9 Å². The largest absolute Gasteiger partial charge is 0.377 e. The predicted octanol–water partition coefficient (Wildman–Crippen LogP) is -2.44. The molecule has 0 saturated carbocycles. The summed E-state index contributed by atoms with van der Waals surface area (Å²) >= 11 is 0. The third kappa shape index (κ3) is 2.88. The monoisotopic (exact) mass is 268 g/mol. The molecule has 0 spiro atoms. The van der Waals surface area contributed by atoms with Gasteiger partial charge in [-0.05, 0) is 0 Å². The average Bonchev–Trinajstić information content (AvgIpc) is 2.87. The molecule has 1 aromatic heterocycles. The highest BCUT2D eigenvalue weighted by atomic mass is 16.5. The van der Waals surface area contributed by atoms with E-state index in [1.165, 1.54) is 15.8 Å². The van der Waals surface area contributed by atoms with Crippen LogP contribution in [0.5, 0.6) is 0 Å².